The minimum absolute atomic E-state index is 0.220. The standard InChI is InChI=1S/C16H17FN2O2/c1-11(12-4-6-14(17)7-5-12)19(3)16(21)13-8-9-18(2)15(20)10-13/h4-11H,1-3H3/t11-/m1/s1. The van der Waals surface area contributed by atoms with E-state index in [1.165, 1.54) is 27.7 Å². The van der Waals surface area contributed by atoms with Crippen LogP contribution in [0.5, 0.6) is 0 Å². The molecule has 0 aliphatic heterocycles. The molecule has 5 heteroatoms. The lowest BCUT2D eigenvalue weighted by Gasteiger charge is -2.25. The van der Waals surface area contributed by atoms with Crippen molar-refractivity contribution in [2.24, 2.45) is 7.05 Å². The number of hydrogen-bond acceptors (Lipinski definition) is 2. The van der Waals surface area contributed by atoms with Crippen LogP contribution in [0.25, 0.3) is 0 Å². The van der Waals surface area contributed by atoms with Gasteiger partial charge in [-0.25, -0.2) is 4.39 Å². The average Bonchev–Trinajstić information content (AvgIpc) is 2.48. The van der Waals surface area contributed by atoms with Gasteiger partial charge in [-0.15, -0.1) is 0 Å². The molecule has 1 aromatic carbocycles. The monoisotopic (exact) mass is 288 g/mol. The summed E-state index contributed by atoms with van der Waals surface area (Å²) in [5.41, 5.74) is 0.939. The zero-order chi connectivity index (χ0) is 15.6. The van der Waals surface area contributed by atoms with Gasteiger partial charge in [-0.1, -0.05) is 12.1 Å². The van der Waals surface area contributed by atoms with Gasteiger partial charge in [-0.3, -0.25) is 9.59 Å². The Morgan fingerprint density at radius 1 is 1.24 bits per heavy atom. The highest BCUT2D eigenvalue weighted by atomic mass is 19.1. The number of rotatable bonds is 3. The lowest BCUT2D eigenvalue weighted by molar-refractivity contribution is 0.0742. The molecule has 1 heterocycles. The summed E-state index contributed by atoms with van der Waals surface area (Å²) in [4.78, 5) is 25.5. The molecule has 21 heavy (non-hydrogen) atoms. The molecule has 110 valence electrons. The van der Waals surface area contributed by atoms with Crippen LogP contribution in [0.15, 0.2) is 47.4 Å². The first-order valence-corrected chi connectivity index (χ1v) is 6.59. The van der Waals surface area contributed by atoms with Crippen molar-refractivity contribution in [3.63, 3.8) is 0 Å². The Morgan fingerprint density at radius 3 is 2.43 bits per heavy atom. The van der Waals surface area contributed by atoms with Gasteiger partial charge in [-0.2, -0.15) is 0 Å². The van der Waals surface area contributed by atoms with Crippen molar-refractivity contribution in [3.8, 4) is 0 Å². The molecular weight excluding hydrogens is 271 g/mol. The highest BCUT2D eigenvalue weighted by Gasteiger charge is 2.19. The molecule has 0 radical (unpaired) electrons. The fourth-order valence-electron chi connectivity index (χ4n) is 2.03. The van der Waals surface area contributed by atoms with Crippen molar-refractivity contribution in [3.05, 3.63) is 69.9 Å². The zero-order valence-corrected chi connectivity index (χ0v) is 12.2. The van der Waals surface area contributed by atoms with Gasteiger partial charge >= 0.3 is 0 Å². The number of aryl methyl sites for hydroxylation is 1. The number of aromatic nitrogens is 1. The summed E-state index contributed by atoms with van der Waals surface area (Å²) in [6.07, 6.45) is 1.56. The number of amides is 1. The van der Waals surface area contributed by atoms with E-state index in [1.54, 1.807) is 38.5 Å². The van der Waals surface area contributed by atoms with E-state index in [-0.39, 0.29) is 23.3 Å². The molecule has 0 spiro atoms. The fourth-order valence-corrected chi connectivity index (χ4v) is 2.03. The predicted molar refractivity (Wildman–Crippen MR) is 78.6 cm³/mol. The summed E-state index contributed by atoms with van der Waals surface area (Å²) in [6, 6.07) is 8.72. The van der Waals surface area contributed by atoms with Crippen LogP contribution in [0.1, 0.15) is 28.9 Å². The summed E-state index contributed by atoms with van der Waals surface area (Å²) in [6.45, 7) is 1.85. The summed E-state index contributed by atoms with van der Waals surface area (Å²) >= 11 is 0. The van der Waals surface area contributed by atoms with E-state index >= 15 is 0 Å². The molecule has 0 saturated carbocycles. The van der Waals surface area contributed by atoms with Crippen molar-refractivity contribution < 1.29 is 9.18 Å². The Labute approximate surface area is 122 Å². The van der Waals surface area contributed by atoms with Crippen LogP contribution in [-0.4, -0.2) is 22.4 Å². The molecule has 0 saturated heterocycles. The third-order valence-corrected chi connectivity index (χ3v) is 3.60. The lowest BCUT2D eigenvalue weighted by atomic mass is 10.1. The van der Waals surface area contributed by atoms with Crippen molar-refractivity contribution in [1.82, 2.24) is 9.47 Å². The minimum atomic E-state index is -0.313. The SMILES string of the molecule is C[C@H](c1ccc(F)cc1)N(C)C(=O)c1ccn(C)c(=O)c1. The molecule has 1 atom stereocenters. The number of carbonyl (C=O) groups excluding carboxylic acids is 1. The first-order chi connectivity index (χ1) is 9.90. The number of hydrogen-bond donors (Lipinski definition) is 0. The van der Waals surface area contributed by atoms with Crippen LogP contribution in [0, 0.1) is 5.82 Å². The smallest absolute Gasteiger partial charge is 0.254 e. The van der Waals surface area contributed by atoms with Gasteiger partial charge in [-0.05, 0) is 30.7 Å². The van der Waals surface area contributed by atoms with Crippen LogP contribution in [-0.2, 0) is 7.05 Å². The van der Waals surface area contributed by atoms with Crippen LogP contribution in [0.2, 0.25) is 0 Å². The third kappa shape index (κ3) is 3.18. The van der Waals surface area contributed by atoms with Crippen molar-refractivity contribution in [2.45, 2.75) is 13.0 Å². The molecule has 0 aliphatic rings. The zero-order valence-electron chi connectivity index (χ0n) is 12.2. The molecule has 0 unspecified atom stereocenters. The van der Waals surface area contributed by atoms with Gasteiger partial charge < -0.3 is 9.47 Å². The van der Waals surface area contributed by atoms with E-state index in [0.29, 0.717) is 5.56 Å². The summed E-state index contributed by atoms with van der Waals surface area (Å²) < 4.78 is 14.3. The predicted octanol–water partition coefficient (Wildman–Crippen LogP) is 2.36. The highest BCUT2D eigenvalue weighted by Crippen LogP contribution is 2.20. The Bertz CT molecular complexity index is 707. The first kappa shape index (κ1) is 15.0. The second-order valence-electron chi connectivity index (χ2n) is 5.01. The van der Waals surface area contributed by atoms with Gasteiger partial charge in [0.1, 0.15) is 5.82 Å². The largest absolute Gasteiger partial charge is 0.335 e. The first-order valence-electron chi connectivity index (χ1n) is 6.59. The number of benzene rings is 1. The maximum atomic E-state index is 12.9. The molecule has 0 bridgehead atoms. The molecule has 0 fully saturated rings. The molecule has 0 N–H and O–H groups in total. The van der Waals surface area contributed by atoms with E-state index in [4.69, 9.17) is 0 Å². The highest BCUT2D eigenvalue weighted by molar-refractivity contribution is 5.94. The molecule has 2 rings (SSSR count). The van der Waals surface area contributed by atoms with Gasteiger partial charge in [0.2, 0.25) is 0 Å². The topological polar surface area (TPSA) is 42.3 Å². The number of pyridine rings is 1. The minimum Gasteiger partial charge on any atom is -0.335 e. The van der Waals surface area contributed by atoms with Gasteiger partial charge in [0.15, 0.2) is 0 Å². The van der Waals surface area contributed by atoms with E-state index in [2.05, 4.69) is 0 Å². The molecule has 1 amide bonds. The van der Waals surface area contributed by atoms with Crippen molar-refractivity contribution in [1.29, 1.82) is 0 Å². The van der Waals surface area contributed by atoms with Gasteiger partial charge in [0, 0.05) is 31.9 Å². The van der Waals surface area contributed by atoms with Gasteiger partial charge in [0.25, 0.3) is 11.5 Å². The number of nitrogens with zero attached hydrogens (tertiary/aromatic N) is 2. The molecule has 4 nitrogen and oxygen atoms in total. The molecular formula is C16H17FN2O2. The number of carbonyl (C=O) groups is 1. The second kappa shape index (κ2) is 5.91. The molecule has 1 aromatic heterocycles. The fraction of sp³-hybridized carbons (Fsp3) is 0.250. The number of halogens is 1. The van der Waals surface area contributed by atoms with Crippen molar-refractivity contribution in [2.75, 3.05) is 7.05 Å². The van der Waals surface area contributed by atoms with Crippen molar-refractivity contribution >= 4 is 5.91 Å². The van der Waals surface area contributed by atoms with Crippen LogP contribution < -0.4 is 5.56 Å². The Morgan fingerprint density at radius 2 is 1.86 bits per heavy atom. The summed E-state index contributed by atoms with van der Waals surface area (Å²) in [5, 5.41) is 0. The normalized spacial score (nSPS) is 12.0. The van der Waals surface area contributed by atoms with E-state index in [9.17, 15) is 14.0 Å². The average molecular weight is 288 g/mol. The van der Waals surface area contributed by atoms with E-state index in [0.717, 1.165) is 5.56 Å². The maximum absolute atomic E-state index is 12.9. The van der Waals surface area contributed by atoms with E-state index < -0.39 is 0 Å². The maximum Gasteiger partial charge on any atom is 0.254 e. The van der Waals surface area contributed by atoms with Gasteiger partial charge in [0.05, 0.1) is 6.04 Å². The second-order valence-corrected chi connectivity index (χ2v) is 5.01. The Kier molecular flexibility index (Phi) is 4.21. The quantitative estimate of drug-likeness (QED) is 0.870. The lowest BCUT2D eigenvalue weighted by Crippen LogP contribution is -2.31. The summed E-state index contributed by atoms with van der Waals surface area (Å²) in [7, 11) is 3.29. The Hall–Kier alpha value is -2.43. The summed E-state index contributed by atoms with van der Waals surface area (Å²) in [5.74, 6) is -0.559. The molecule has 0 aliphatic carbocycles. The van der Waals surface area contributed by atoms with Crippen LogP contribution in [0.4, 0.5) is 4.39 Å². The van der Waals surface area contributed by atoms with Crippen LogP contribution in [0.3, 0.4) is 0 Å². The van der Waals surface area contributed by atoms with E-state index in [1.807, 2.05) is 6.92 Å². The Balaban J connectivity index is 2.23. The third-order valence-electron chi connectivity index (χ3n) is 3.60. The molecule has 2 aromatic rings. The van der Waals surface area contributed by atoms with Crippen LogP contribution >= 0.6 is 0 Å².